The average molecular weight is 442 g/mol. The van der Waals surface area contributed by atoms with Gasteiger partial charge in [0.05, 0.1) is 23.7 Å². The molecule has 3 rings (SSSR count). The summed E-state index contributed by atoms with van der Waals surface area (Å²) in [5, 5.41) is 12.5. The zero-order valence-electron chi connectivity index (χ0n) is 12.7. The lowest BCUT2D eigenvalue weighted by molar-refractivity contribution is -0.0667. The minimum absolute atomic E-state index is 0.393. The summed E-state index contributed by atoms with van der Waals surface area (Å²) in [6.45, 7) is 2.54. The van der Waals surface area contributed by atoms with Gasteiger partial charge in [0.1, 0.15) is 0 Å². The molecule has 2 unspecified atom stereocenters. The molecule has 0 bridgehead atoms. The van der Waals surface area contributed by atoms with Crippen molar-refractivity contribution >= 4 is 53.7 Å². The highest BCUT2D eigenvalue weighted by molar-refractivity contribution is 9.10. The molecule has 0 aliphatic rings. The van der Waals surface area contributed by atoms with Crippen LogP contribution in [-0.2, 0) is 4.74 Å². The Morgan fingerprint density at radius 2 is 1.61 bits per heavy atom. The Hall–Kier alpha value is -0.920. The van der Waals surface area contributed by atoms with Crippen LogP contribution in [0.1, 0.15) is 13.2 Å². The number of hydrogen-bond donors (Lipinski definition) is 2. The van der Waals surface area contributed by atoms with Crippen LogP contribution in [0.25, 0.3) is 21.8 Å². The fourth-order valence-electron chi connectivity index (χ4n) is 2.89. The molecule has 0 radical (unpaired) electrons. The molecular formula is C17H18Br2N2O2. The molecule has 2 aromatic carbocycles. The van der Waals surface area contributed by atoms with Crippen LogP contribution in [0.5, 0.6) is 0 Å². The molecule has 0 fully saturated rings. The van der Waals surface area contributed by atoms with Crippen molar-refractivity contribution in [3.63, 3.8) is 0 Å². The number of aliphatic hydroxyl groups is 1. The van der Waals surface area contributed by atoms with Gasteiger partial charge >= 0.3 is 0 Å². The lowest BCUT2D eigenvalue weighted by Crippen LogP contribution is -2.26. The van der Waals surface area contributed by atoms with E-state index in [4.69, 9.17) is 10.5 Å². The summed E-state index contributed by atoms with van der Waals surface area (Å²) >= 11 is 7.07. The number of rotatable bonds is 5. The quantitative estimate of drug-likeness (QED) is 0.624. The van der Waals surface area contributed by atoms with Gasteiger partial charge in [-0.3, -0.25) is 0 Å². The molecule has 0 amide bonds. The zero-order chi connectivity index (χ0) is 16.6. The summed E-state index contributed by atoms with van der Waals surface area (Å²) in [4.78, 5) is 0. The van der Waals surface area contributed by atoms with Crippen LogP contribution in [-0.4, -0.2) is 28.9 Å². The van der Waals surface area contributed by atoms with Crippen molar-refractivity contribution in [1.82, 2.24) is 4.57 Å². The van der Waals surface area contributed by atoms with E-state index in [2.05, 4.69) is 44.0 Å². The van der Waals surface area contributed by atoms with E-state index in [9.17, 15) is 5.11 Å². The highest BCUT2D eigenvalue weighted by Crippen LogP contribution is 2.36. The van der Waals surface area contributed by atoms with E-state index in [0.29, 0.717) is 13.2 Å². The molecule has 0 saturated carbocycles. The van der Waals surface area contributed by atoms with Crippen LogP contribution in [0.4, 0.5) is 0 Å². The Morgan fingerprint density at radius 3 is 2.04 bits per heavy atom. The molecule has 6 heteroatoms. The van der Waals surface area contributed by atoms with E-state index in [1.165, 1.54) is 0 Å². The molecule has 1 heterocycles. The predicted octanol–water partition coefficient (Wildman–Crippen LogP) is 4.17. The Morgan fingerprint density at radius 1 is 1.09 bits per heavy atom. The third-order valence-corrected chi connectivity index (χ3v) is 4.79. The SMILES string of the molecule is CC(O)C(OCCN)n1c2ccc(Br)cc2c2cc(Br)ccc21. The average Bonchev–Trinajstić information content (AvgIpc) is 2.81. The van der Waals surface area contributed by atoms with Crippen LogP contribution in [0, 0.1) is 0 Å². The minimum atomic E-state index is -0.660. The lowest BCUT2D eigenvalue weighted by atomic mass is 10.2. The topological polar surface area (TPSA) is 60.4 Å². The molecule has 2 atom stereocenters. The Kier molecular flexibility index (Phi) is 5.08. The molecule has 0 spiro atoms. The summed E-state index contributed by atoms with van der Waals surface area (Å²) in [6, 6.07) is 12.2. The third kappa shape index (κ3) is 3.19. The van der Waals surface area contributed by atoms with E-state index in [1.807, 2.05) is 28.8 Å². The number of nitrogens with zero attached hydrogens (tertiary/aromatic N) is 1. The number of fused-ring (bicyclic) bond motifs is 3. The lowest BCUT2D eigenvalue weighted by Gasteiger charge is -2.24. The van der Waals surface area contributed by atoms with Gasteiger partial charge < -0.3 is 20.1 Å². The van der Waals surface area contributed by atoms with Crippen molar-refractivity contribution in [3.05, 3.63) is 45.3 Å². The molecule has 4 nitrogen and oxygen atoms in total. The van der Waals surface area contributed by atoms with Crippen LogP contribution in [0.3, 0.4) is 0 Å². The number of halogens is 2. The van der Waals surface area contributed by atoms with Crippen molar-refractivity contribution in [1.29, 1.82) is 0 Å². The van der Waals surface area contributed by atoms with Gasteiger partial charge in [0, 0.05) is 26.3 Å². The minimum Gasteiger partial charge on any atom is -0.389 e. The second-order valence-corrected chi connectivity index (χ2v) is 7.31. The van der Waals surface area contributed by atoms with Gasteiger partial charge in [-0.05, 0) is 43.3 Å². The first kappa shape index (κ1) is 16.9. The van der Waals surface area contributed by atoms with E-state index >= 15 is 0 Å². The second kappa shape index (κ2) is 6.91. The molecule has 0 aliphatic carbocycles. The maximum atomic E-state index is 10.2. The summed E-state index contributed by atoms with van der Waals surface area (Å²) in [5.74, 6) is 0. The number of aliphatic hydroxyl groups excluding tert-OH is 1. The van der Waals surface area contributed by atoms with Crippen molar-refractivity contribution < 1.29 is 9.84 Å². The fraction of sp³-hybridized carbons (Fsp3) is 0.294. The van der Waals surface area contributed by atoms with Gasteiger partial charge in [-0.1, -0.05) is 31.9 Å². The Labute approximate surface area is 151 Å². The van der Waals surface area contributed by atoms with Crippen molar-refractivity contribution in [2.24, 2.45) is 5.73 Å². The highest BCUT2D eigenvalue weighted by atomic mass is 79.9. The van der Waals surface area contributed by atoms with Gasteiger partial charge in [-0.25, -0.2) is 0 Å². The highest BCUT2D eigenvalue weighted by Gasteiger charge is 2.23. The first-order valence-corrected chi connectivity index (χ1v) is 9.00. The van der Waals surface area contributed by atoms with Crippen molar-refractivity contribution in [2.75, 3.05) is 13.2 Å². The Bertz CT molecular complexity index is 786. The first-order chi connectivity index (χ1) is 11.0. The summed E-state index contributed by atoms with van der Waals surface area (Å²) in [5.41, 5.74) is 7.60. The van der Waals surface area contributed by atoms with E-state index in [-0.39, 0.29) is 0 Å². The standard InChI is InChI=1S/C17H18Br2N2O2/c1-10(22)17(23-7-6-20)21-15-4-2-11(18)8-13(15)14-9-12(19)3-5-16(14)21/h2-5,8-10,17,22H,6-7,20H2,1H3. The zero-order valence-corrected chi connectivity index (χ0v) is 15.8. The molecule has 3 aromatic rings. The maximum absolute atomic E-state index is 10.2. The first-order valence-electron chi connectivity index (χ1n) is 7.41. The number of aromatic nitrogens is 1. The van der Waals surface area contributed by atoms with Gasteiger partial charge in [0.2, 0.25) is 0 Å². The van der Waals surface area contributed by atoms with E-state index in [0.717, 1.165) is 30.8 Å². The molecule has 1 aromatic heterocycles. The third-order valence-electron chi connectivity index (χ3n) is 3.80. The summed E-state index contributed by atoms with van der Waals surface area (Å²) in [7, 11) is 0. The number of hydrogen-bond acceptors (Lipinski definition) is 3. The molecule has 122 valence electrons. The summed E-state index contributed by atoms with van der Waals surface area (Å²) in [6.07, 6.45) is -1.14. The van der Waals surface area contributed by atoms with Gasteiger partial charge in [-0.15, -0.1) is 0 Å². The van der Waals surface area contributed by atoms with Gasteiger partial charge in [0.25, 0.3) is 0 Å². The number of benzene rings is 2. The van der Waals surface area contributed by atoms with Crippen LogP contribution < -0.4 is 5.73 Å². The van der Waals surface area contributed by atoms with E-state index < -0.39 is 12.3 Å². The predicted molar refractivity (Wildman–Crippen MR) is 101 cm³/mol. The maximum Gasteiger partial charge on any atom is 0.160 e. The molecule has 0 aliphatic heterocycles. The molecular weight excluding hydrogens is 424 g/mol. The number of nitrogens with two attached hydrogens (primary N) is 1. The monoisotopic (exact) mass is 440 g/mol. The normalized spacial score (nSPS) is 14.5. The molecule has 0 saturated heterocycles. The van der Waals surface area contributed by atoms with Crippen molar-refractivity contribution in [3.8, 4) is 0 Å². The van der Waals surface area contributed by atoms with Crippen molar-refractivity contribution in [2.45, 2.75) is 19.3 Å². The van der Waals surface area contributed by atoms with Gasteiger partial charge in [0.15, 0.2) is 6.23 Å². The summed E-state index contributed by atoms with van der Waals surface area (Å²) < 4.78 is 9.91. The van der Waals surface area contributed by atoms with E-state index in [1.54, 1.807) is 6.92 Å². The van der Waals surface area contributed by atoms with Crippen LogP contribution in [0.15, 0.2) is 45.3 Å². The van der Waals surface area contributed by atoms with Crippen LogP contribution in [0.2, 0.25) is 0 Å². The Balaban J connectivity index is 2.32. The molecule has 23 heavy (non-hydrogen) atoms. The van der Waals surface area contributed by atoms with Crippen LogP contribution >= 0.6 is 31.9 Å². The largest absolute Gasteiger partial charge is 0.389 e. The number of ether oxygens (including phenoxy) is 1. The smallest absolute Gasteiger partial charge is 0.160 e. The second-order valence-electron chi connectivity index (χ2n) is 5.48. The fourth-order valence-corrected chi connectivity index (χ4v) is 3.61. The van der Waals surface area contributed by atoms with Gasteiger partial charge in [-0.2, -0.15) is 0 Å². The molecule has 3 N–H and O–H groups in total.